The Morgan fingerprint density at radius 1 is 1.20 bits per heavy atom. The molecule has 84 valence electrons. The maximum absolute atomic E-state index is 11.9. The minimum atomic E-state index is -0.269. The van der Waals surface area contributed by atoms with E-state index < -0.39 is 0 Å². The molecule has 4 nitrogen and oxygen atoms in total. The predicted octanol–water partition coefficient (Wildman–Crippen LogP) is 0.816. The highest BCUT2D eigenvalue weighted by atomic mass is 32.2. The molecule has 15 heavy (non-hydrogen) atoms. The molecule has 1 aromatic rings. The average molecular weight is 228 g/mol. The maximum Gasteiger partial charge on any atom is 0.330 e. The number of rotatable bonds is 2. The zero-order chi connectivity index (χ0) is 11.7. The van der Waals surface area contributed by atoms with Gasteiger partial charge in [-0.05, 0) is 20.1 Å². The highest BCUT2D eigenvalue weighted by molar-refractivity contribution is 7.98. The van der Waals surface area contributed by atoms with Crippen LogP contribution < -0.4 is 11.2 Å². The van der Waals surface area contributed by atoms with Crippen LogP contribution in [0.1, 0.15) is 23.4 Å². The lowest BCUT2D eigenvalue weighted by atomic mass is 10.2. The number of nitrogens with zero attached hydrogens (tertiary/aromatic N) is 2. The molecule has 0 radical (unpaired) electrons. The fourth-order valence-corrected chi connectivity index (χ4v) is 2.06. The topological polar surface area (TPSA) is 44.0 Å². The first-order valence-electron chi connectivity index (χ1n) is 4.71. The highest BCUT2D eigenvalue weighted by Crippen LogP contribution is 2.24. The first kappa shape index (κ1) is 12.1. The SMILES string of the molecule is CSC(C)c1c(C)n(C)c(=O)n(C)c1=O. The van der Waals surface area contributed by atoms with Gasteiger partial charge in [0.1, 0.15) is 0 Å². The molecule has 0 aliphatic heterocycles. The molecule has 0 bridgehead atoms. The molecule has 0 spiro atoms. The van der Waals surface area contributed by atoms with Crippen molar-refractivity contribution in [1.82, 2.24) is 9.13 Å². The van der Waals surface area contributed by atoms with Crippen LogP contribution >= 0.6 is 11.8 Å². The molecule has 0 saturated heterocycles. The molecular formula is C10H16N2O2S. The van der Waals surface area contributed by atoms with Gasteiger partial charge in [-0.3, -0.25) is 9.36 Å². The standard InChI is InChI=1S/C10H16N2O2S/c1-6-8(7(2)15-5)9(13)12(4)10(14)11(6)3/h7H,1-5H3. The van der Waals surface area contributed by atoms with E-state index in [9.17, 15) is 9.59 Å². The lowest BCUT2D eigenvalue weighted by Crippen LogP contribution is -2.40. The normalized spacial score (nSPS) is 12.9. The van der Waals surface area contributed by atoms with Crippen LogP contribution in [0.25, 0.3) is 0 Å². The van der Waals surface area contributed by atoms with Crippen molar-refractivity contribution < 1.29 is 0 Å². The summed E-state index contributed by atoms with van der Waals surface area (Å²) >= 11 is 1.60. The molecule has 1 atom stereocenters. The zero-order valence-electron chi connectivity index (χ0n) is 9.70. The van der Waals surface area contributed by atoms with Gasteiger partial charge in [-0.2, -0.15) is 11.8 Å². The highest BCUT2D eigenvalue weighted by Gasteiger charge is 2.16. The molecule has 0 N–H and O–H groups in total. The molecular weight excluding hydrogens is 212 g/mol. The fourth-order valence-electron chi connectivity index (χ4n) is 1.56. The Balaban J connectivity index is 3.68. The van der Waals surface area contributed by atoms with Crippen molar-refractivity contribution in [3.05, 3.63) is 32.1 Å². The summed E-state index contributed by atoms with van der Waals surface area (Å²) in [5.74, 6) is 0. The minimum Gasteiger partial charge on any atom is -0.301 e. The molecule has 0 aromatic carbocycles. The van der Waals surface area contributed by atoms with Gasteiger partial charge in [-0.15, -0.1) is 0 Å². The molecule has 0 aliphatic carbocycles. The molecule has 1 unspecified atom stereocenters. The molecule has 0 aliphatic rings. The van der Waals surface area contributed by atoms with Crippen molar-refractivity contribution in [2.75, 3.05) is 6.26 Å². The second-order valence-electron chi connectivity index (χ2n) is 3.58. The van der Waals surface area contributed by atoms with Crippen LogP contribution in [-0.4, -0.2) is 15.4 Å². The van der Waals surface area contributed by atoms with Gasteiger partial charge in [-0.25, -0.2) is 4.79 Å². The van der Waals surface area contributed by atoms with E-state index in [0.717, 1.165) is 10.3 Å². The van der Waals surface area contributed by atoms with E-state index in [1.54, 1.807) is 18.8 Å². The van der Waals surface area contributed by atoms with E-state index in [-0.39, 0.29) is 16.5 Å². The van der Waals surface area contributed by atoms with Gasteiger partial charge in [-0.1, -0.05) is 0 Å². The molecule has 0 saturated carbocycles. The van der Waals surface area contributed by atoms with Crippen LogP contribution in [-0.2, 0) is 14.1 Å². The third kappa shape index (κ3) is 1.88. The third-order valence-electron chi connectivity index (χ3n) is 2.76. The van der Waals surface area contributed by atoms with Gasteiger partial charge in [0.05, 0.1) is 0 Å². The Morgan fingerprint density at radius 3 is 2.20 bits per heavy atom. The smallest absolute Gasteiger partial charge is 0.301 e. The largest absolute Gasteiger partial charge is 0.330 e. The molecule has 1 aromatic heterocycles. The average Bonchev–Trinajstić information content (AvgIpc) is 2.23. The summed E-state index contributed by atoms with van der Waals surface area (Å²) in [4.78, 5) is 23.5. The number of thioether (sulfide) groups is 1. The summed E-state index contributed by atoms with van der Waals surface area (Å²) < 4.78 is 2.68. The van der Waals surface area contributed by atoms with Crippen molar-refractivity contribution in [1.29, 1.82) is 0 Å². The quantitative estimate of drug-likeness (QED) is 0.752. The van der Waals surface area contributed by atoms with Gasteiger partial charge in [0.15, 0.2) is 0 Å². The Morgan fingerprint density at radius 2 is 1.73 bits per heavy atom. The Kier molecular flexibility index (Phi) is 3.44. The predicted molar refractivity (Wildman–Crippen MR) is 63.6 cm³/mol. The van der Waals surface area contributed by atoms with Crippen LogP contribution in [0.2, 0.25) is 0 Å². The number of hydrogen-bond donors (Lipinski definition) is 0. The maximum atomic E-state index is 11.9. The second-order valence-corrected chi connectivity index (χ2v) is 4.76. The number of hydrogen-bond acceptors (Lipinski definition) is 3. The van der Waals surface area contributed by atoms with Crippen molar-refractivity contribution in [3.8, 4) is 0 Å². The van der Waals surface area contributed by atoms with Crippen molar-refractivity contribution in [3.63, 3.8) is 0 Å². The zero-order valence-corrected chi connectivity index (χ0v) is 10.5. The molecule has 1 heterocycles. The third-order valence-corrected chi connectivity index (χ3v) is 3.70. The Labute approximate surface area is 92.9 Å². The van der Waals surface area contributed by atoms with Crippen LogP contribution in [0.5, 0.6) is 0 Å². The van der Waals surface area contributed by atoms with Crippen LogP contribution in [0.4, 0.5) is 0 Å². The van der Waals surface area contributed by atoms with Gasteiger partial charge < -0.3 is 4.57 Å². The van der Waals surface area contributed by atoms with E-state index >= 15 is 0 Å². The molecule has 5 heteroatoms. The van der Waals surface area contributed by atoms with Crippen LogP contribution in [0.3, 0.4) is 0 Å². The van der Waals surface area contributed by atoms with E-state index in [2.05, 4.69) is 0 Å². The lowest BCUT2D eigenvalue weighted by molar-refractivity contribution is 0.649. The van der Waals surface area contributed by atoms with Crippen molar-refractivity contribution >= 4 is 11.8 Å². The first-order chi connectivity index (χ1) is 6.91. The summed E-state index contributed by atoms with van der Waals surface area (Å²) in [5.41, 5.74) is 1.02. The van der Waals surface area contributed by atoms with Crippen LogP contribution in [0.15, 0.2) is 9.59 Å². The van der Waals surface area contributed by atoms with E-state index in [1.807, 2.05) is 20.1 Å². The summed E-state index contributed by atoms with van der Waals surface area (Å²) in [6.07, 6.45) is 1.95. The Hall–Kier alpha value is -0.970. The van der Waals surface area contributed by atoms with Gasteiger partial charge in [0, 0.05) is 30.6 Å². The van der Waals surface area contributed by atoms with E-state index in [1.165, 1.54) is 11.6 Å². The van der Waals surface area contributed by atoms with Gasteiger partial charge >= 0.3 is 5.69 Å². The van der Waals surface area contributed by atoms with Gasteiger partial charge in [0.2, 0.25) is 0 Å². The molecule has 0 amide bonds. The lowest BCUT2D eigenvalue weighted by Gasteiger charge is -2.15. The van der Waals surface area contributed by atoms with Crippen molar-refractivity contribution in [2.24, 2.45) is 14.1 Å². The summed E-state index contributed by atoms with van der Waals surface area (Å²) in [6.45, 7) is 3.78. The van der Waals surface area contributed by atoms with Crippen molar-refractivity contribution in [2.45, 2.75) is 19.1 Å². The summed E-state index contributed by atoms with van der Waals surface area (Å²) in [7, 11) is 3.20. The summed E-state index contributed by atoms with van der Waals surface area (Å²) in [6, 6.07) is 0. The van der Waals surface area contributed by atoms with Gasteiger partial charge in [0.25, 0.3) is 5.56 Å². The molecule has 0 fully saturated rings. The van der Waals surface area contributed by atoms with Crippen LogP contribution in [0, 0.1) is 6.92 Å². The Bertz CT molecular complexity index is 487. The minimum absolute atomic E-state index is 0.107. The number of aromatic nitrogens is 2. The second kappa shape index (κ2) is 4.26. The van der Waals surface area contributed by atoms with E-state index in [0.29, 0.717) is 5.56 Å². The van der Waals surface area contributed by atoms with E-state index in [4.69, 9.17) is 0 Å². The fraction of sp³-hybridized carbons (Fsp3) is 0.600. The summed E-state index contributed by atoms with van der Waals surface area (Å²) in [5, 5.41) is 0.107. The monoisotopic (exact) mass is 228 g/mol. The first-order valence-corrected chi connectivity index (χ1v) is 5.99. The molecule has 1 rings (SSSR count).